The van der Waals surface area contributed by atoms with Gasteiger partial charge >= 0.3 is 0 Å². The molecule has 1 amide bonds. The standard InChI is InChI=1S/C11H13Br2NO/c1-7-4-8(11(15)14(2)3)9(6-12)10(13)5-7/h4-5H,6H2,1-3H3. The molecule has 1 aromatic carbocycles. The fourth-order valence-corrected chi connectivity index (χ4v) is 3.03. The van der Waals surface area contributed by atoms with Crippen LogP contribution < -0.4 is 0 Å². The molecule has 4 heteroatoms. The number of amides is 1. The molecular weight excluding hydrogens is 322 g/mol. The number of hydrogen-bond donors (Lipinski definition) is 0. The summed E-state index contributed by atoms with van der Waals surface area (Å²) < 4.78 is 0.976. The van der Waals surface area contributed by atoms with Gasteiger partial charge in [0, 0.05) is 29.5 Å². The van der Waals surface area contributed by atoms with Gasteiger partial charge in [-0.1, -0.05) is 31.9 Å². The first kappa shape index (κ1) is 12.7. The lowest BCUT2D eigenvalue weighted by atomic mass is 10.0. The minimum Gasteiger partial charge on any atom is -0.345 e. The highest BCUT2D eigenvalue weighted by Crippen LogP contribution is 2.25. The fourth-order valence-electron chi connectivity index (χ4n) is 1.34. The maximum absolute atomic E-state index is 11.9. The molecule has 0 N–H and O–H groups in total. The molecule has 0 aliphatic carbocycles. The van der Waals surface area contributed by atoms with Crippen molar-refractivity contribution < 1.29 is 4.79 Å². The van der Waals surface area contributed by atoms with Gasteiger partial charge in [0.2, 0.25) is 0 Å². The van der Waals surface area contributed by atoms with E-state index in [2.05, 4.69) is 31.9 Å². The van der Waals surface area contributed by atoms with Gasteiger partial charge in [0.05, 0.1) is 0 Å². The van der Waals surface area contributed by atoms with E-state index in [4.69, 9.17) is 0 Å². The van der Waals surface area contributed by atoms with Gasteiger partial charge in [-0.25, -0.2) is 0 Å². The molecule has 1 rings (SSSR count). The highest BCUT2D eigenvalue weighted by atomic mass is 79.9. The largest absolute Gasteiger partial charge is 0.345 e. The predicted octanol–water partition coefficient (Wildman–Crippen LogP) is 3.35. The number of rotatable bonds is 2. The van der Waals surface area contributed by atoms with E-state index in [1.54, 1.807) is 19.0 Å². The first-order valence-corrected chi connectivity index (χ1v) is 6.45. The summed E-state index contributed by atoms with van der Waals surface area (Å²) in [7, 11) is 3.52. The zero-order valence-corrected chi connectivity index (χ0v) is 12.1. The summed E-state index contributed by atoms with van der Waals surface area (Å²) in [5.41, 5.74) is 2.83. The van der Waals surface area contributed by atoms with Crippen LogP contribution in [-0.4, -0.2) is 24.9 Å². The SMILES string of the molecule is Cc1cc(Br)c(CBr)c(C(=O)N(C)C)c1. The molecule has 0 aliphatic rings. The van der Waals surface area contributed by atoms with Crippen LogP contribution in [-0.2, 0) is 5.33 Å². The lowest BCUT2D eigenvalue weighted by molar-refractivity contribution is 0.0826. The number of alkyl halides is 1. The average Bonchev–Trinajstić information content (AvgIpc) is 2.15. The molecule has 2 nitrogen and oxygen atoms in total. The number of carbonyl (C=O) groups excluding carboxylic acids is 1. The molecule has 0 spiro atoms. The van der Waals surface area contributed by atoms with Gasteiger partial charge in [0.1, 0.15) is 0 Å². The van der Waals surface area contributed by atoms with Crippen LogP contribution in [0, 0.1) is 6.92 Å². The predicted molar refractivity (Wildman–Crippen MR) is 69.5 cm³/mol. The normalized spacial score (nSPS) is 10.2. The van der Waals surface area contributed by atoms with Gasteiger partial charge in [0.15, 0.2) is 0 Å². The van der Waals surface area contributed by atoms with Crippen molar-refractivity contribution in [1.29, 1.82) is 0 Å². The molecule has 0 unspecified atom stereocenters. The second-order valence-electron chi connectivity index (χ2n) is 3.61. The highest BCUT2D eigenvalue weighted by Gasteiger charge is 2.15. The third-order valence-electron chi connectivity index (χ3n) is 2.11. The number of nitrogens with zero attached hydrogens (tertiary/aromatic N) is 1. The summed E-state index contributed by atoms with van der Waals surface area (Å²) in [4.78, 5) is 13.5. The summed E-state index contributed by atoms with van der Waals surface area (Å²) in [5, 5.41) is 0.669. The van der Waals surface area contributed by atoms with E-state index in [0.29, 0.717) is 5.33 Å². The van der Waals surface area contributed by atoms with Gasteiger partial charge in [-0.15, -0.1) is 0 Å². The van der Waals surface area contributed by atoms with E-state index in [9.17, 15) is 4.79 Å². The topological polar surface area (TPSA) is 20.3 Å². The zero-order chi connectivity index (χ0) is 11.6. The molecule has 82 valence electrons. The van der Waals surface area contributed by atoms with E-state index >= 15 is 0 Å². The first-order valence-electron chi connectivity index (χ1n) is 4.54. The molecule has 0 bridgehead atoms. The van der Waals surface area contributed by atoms with Crippen LogP contribution in [0.1, 0.15) is 21.5 Å². The third-order valence-corrected chi connectivity index (χ3v) is 3.38. The fraction of sp³-hybridized carbons (Fsp3) is 0.364. The van der Waals surface area contributed by atoms with E-state index in [-0.39, 0.29) is 5.91 Å². The molecule has 15 heavy (non-hydrogen) atoms. The van der Waals surface area contributed by atoms with E-state index < -0.39 is 0 Å². The molecule has 0 saturated heterocycles. The molecule has 0 radical (unpaired) electrons. The minimum absolute atomic E-state index is 0.0360. The number of aryl methyl sites for hydroxylation is 1. The van der Waals surface area contributed by atoms with Crippen molar-refractivity contribution in [1.82, 2.24) is 4.90 Å². The maximum atomic E-state index is 11.9. The monoisotopic (exact) mass is 333 g/mol. The van der Waals surface area contributed by atoms with Crippen molar-refractivity contribution in [2.45, 2.75) is 12.3 Å². The molecule has 0 saturated carbocycles. The zero-order valence-electron chi connectivity index (χ0n) is 8.97. The summed E-state index contributed by atoms with van der Waals surface area (Å²) in [5.74, 6) is 0.0360. The average molecular weight is 335 g/mol. The second kappa shape index (κ2) is 5.12. The van der Waals surface area contributed by atoms with Gasteiger partial charge in [-0.05, 0) is 30.2 Å². The van der Waals surface area contributed by atoms with Crippen molar-refractivity contribution >= 4 is 37.8 Å². The van der Waals surface area contributed by atoms with Crippen LogP contribution in [0.25, 0.3) is 0 Å². The molecule has 1 aromatic rings. The van der Waals surface area contributed by atoms with Crippen LogP contribution >= 0.6 is 31.9 Å². The van der Waals surface area contributed by atoms with Gasteiger partial charge in [-0.2, -0.15) is 0 Å². The Morgan fingerprint density at radius 2 is 2.00 bits per heavy atom. The lowest BCUT2D eigenvalue weighted by Gasteiger charge is -2.15. The first-order chi connectivity index (χ1) is 6.97. The van der Waals surface area contributed by atoms with Crippen LogP contribution in [0.4, 0.5) is 0 Å². The lowest BCUT2D eigenvalue weighted by Crippen LogP contribution is -2.23. The Kier molecular flexibility index (Phi) is 4.34. The van der Waals surface area contributed by atoms with Crippen molar-refractivity contribution in [2.24, 2.45) is 0 Å². The van der Waals surface area contributed by atoms with Crippen molar-refractivity contribution in [3.05, 3.63) is 33.3 Å². The Bertz CT molecular complexity index is 388. The van der Waals surface area contributed by atoms with Gasteiger partial charge in [0.25, 0.3) is 5.91 Å². The quantitative estimate of drug-likeness (QED) is 0.759. The third kappa shape index (κ3) is 2.82. The Balaban J connectivity index is 3.32. The summed E-state index contributed by atoms with van der Waals surface area (Å²) >= 11 is 6.88. The molecule has 0 atom stereocenters. The smallest absolute Gasteiger partial charge is 0.253 e. The highest BCUT2D eigenvalue weighted by molar-refractivity contribution is 9.10. The molecule has 0 fully saturated rings. The minimum atomic E-state index is 0.0360. The number of benzene rings is 1. The maximum Gasteiger partial charge on any atom is 0.253 e. The number of hydrogen-bond acceptors (Lipinski definition) is 1. The number of carbonyl (C=O) groups is 1. The van der Waals surface area contributed by atoms with Gasteiger partial charge < -0.3 is 4.90 Å². The van der Waals surface area contributed by atoms with Crippen LogP contribution in [0.3, 0.4) is 0 Å². The Labute approximate surface area is 107 Å². The Hall–Kier alpha value is -0.350. The Morgan fingerprint density at radius 1 is 1.40 bits per heavy atom. The van der Waals surface area contributed by atoms with Crippen LogP contribution in [0.2, 0.25) is 0 Å². The van der Waals surface area contributed by atoms with Crippen LogP contribution in [0.15, 0.2) is 16.6 Å². The summed E-state index contributed by atoms with van der Waals surface area (Å²) in [6, 6.07) is 3.94. The Morgan fingerprint density at radius 3 is 2.47 bits per heavy atom. The van der Waals surface area contributed by atoms with E-state index in [1.807, 2.05) is 19.1 Å². The van der Waals surface area contributed by atoms with Crippen molar-refractivity contribution in [2.75, 3.05) is 14.1 Å². The second-order valence-corrected chi connectivity index (χ2v) is 5.02. The van der Waals surface area contributed by atoms with Gasteiger partial charge in [-0.3, -0.25) is 4.79 Å². The molecular formula is C11H13Br2NO. The summed E-state index contributed by atoms with van der Waals surface area (Å²) in [6.45, 7) is 1.98. The van der Waals surface area contributed by atoms with Crippen molar-refractivity contribution in [3.63, 3.8) is 0 Å². The molecule has 0 aliphatic heterocycles. The van der Waals surface area contributed by atoms with Crippen LogP contribution in [0.5, 0.6) is 0 Å². The van der Waals surface area contributed by atoms with Crippen molar-refractivity contribution in [3.8, 4) is 0 Å². The van der Waals surface area contributed by atoms with E-state index in [1.165, 1.54) is 0 Å². The molecule has 0 heterocycles. The molecule has 0 aromatic heterocycles. The summed E-state index contributed by atoms with van der Waals surface area (Å²) in [6.07, 6.45) is 0. The number of halogens is 2. The van der Waals surface area contributed by atoms with E-state index in [0.717, 1.165) is 21.2 Å².